The van der Waals surface area contributed by atoms with E-state index in [0.29, 0.717) is 0 Å². The molecule has 0 spiro atoms. The second-order valence-electron chi connectivity index (χ2n) is 4.28. The molecule has 0 radical (unpaired) electrons. The molecule has 0 aromatic heterocycles. The molecule has 0 unspecified atom stereocenters. The Hall–Kier alpha value is -1.39. The molecule has 1 aromatic carbocycles. The Kier molecular flexibility index (Phi) is 4.12. The minimum Gasteiger partial charge on any atom is -0.288 e. The lowest BCUT2D eigenvalue weighted by Crippen LogP contribution is -2.42. The van der Waals surface area contributed by atoms with Gasteiger partial charge in [0.05, 0.1) is 13.2 Å². The molecule has 0 saturated carbocycles. The van der Waals surface area contributed by atoms with Crippen molar-refractivity contribution in [1.82, 2.24) is 10.4 Å². The molecule has 2 rings (SSSR count). The molecule has 4 heteroatoms. The van der Waals surface area contributed by atoms with Crippen molar-refractivity contribution in [3.63, 3.8) is 0 Å². The molecule has 0 bridgehead atoms. The Morgan fingerprint density at radius 3 is 2.94 bits per heavy atom. The fourth-order valence-corrected chi connectivity index (χ4v) is 2.30. The summed E-state index contributed by atoms with van der Waals surface area (Å²) in [5.41, 5.74) is 3.66. The number of nitrogens with zero attached hydrogens (tertiary/aromatic N) is 1. The summed E-state index contributed by atoms with van der Waals surface area (Å²) in [5, 5.41) is 0. The number of carbonyl (C=O) groups is 1. The van der Waals surface area contributed by atoms with E-state index in [4.69, 9.17) is 0 Å². The second kappa shape index (κ2) is 5.80. The number of amides is 1. The van der Waals surface area contributed by atoms with Crippen LogP contribution in [-0.4, -0.2) is 30.5 Å². The van der Waals surface area contributed by atoms with Crippen LogP contribution in [0.3, 0.4) is 0 Å². The Bertz CT molecular complexity index is 367. The number of hydrogen-bond acceptors (Lipinski definition) is 3. The van der Waals surface area contributed by atoms with Crippen molar-refractivity contribution < 1.29 is 9.63 Å². The molecular weight excluding hydrogens is 216 g/mol. The molecule has 1 saturated heterocycles. The fourth-order valence-electron chi connectivity index (χ4n) is 2.30. The number of hydrogen-bond donors (Lipinski definition) is 1. The van der Waals surface area contributed by atoms with Gasteiger partial charge in [0.25, 0.3) is 5.91 Å². The van der Waals surface area contributed by atoms with Crippen LogP contribution in [0.15, 0.2) is 30.3 Å². The van der Waals surface area contributed by atoms with Crippen molar-refractivity contribution >= 4 is 5.91 Å². The quantitative estimate of drug-likeness (QED) is 0.799. The molecule has 1 heterocycles. The molecule has 1 amide bonds. The highest BCUT2D eigenvalue weighted by Gasteiger charge is 2.30. The van der Waals surface area contributed by atoms with Gasteiger partial charge in [-0.2, -0.15) is 0 Å². The van der Waals surface area contributed by atoms with E-state index in [2.05, 4.69) is 27.4 Å². The second-order valence-corrected chi connectivity index (χ2v) is 4.28. The summed E-state index contributed by atoms with van der Waals surface area (Å²) in [5.74, 6) is -0.0408. The number of likely N-dealkylation sites (tertiary alicyclic amines) is 1. The molecule has 1 aromatic rings. The van der Waals surface area contributed by atoms with Crippen LogP contribution in [0, 0.1) is 0 Å². The molecule has 0 aliphatic carbocycles. The lowest BCUT2D eigenvalue weighted by Gasteiger charge is -2.23. The van der Waals surface area contributed by atoms with Gasteiger partial charge < -0.3 is 0 Å². The van der Waals surface area contributed by atoms with Crippen LogP contribution >= 0.6 is 0 Å². The minimum atomic E-state index is -0.0600. The Balaban J connectivity index is 1.98. The average Bonchev–Trinajstić information content (AvgIpc) is 2.79. The normalized spacial score (nSPS) is 20.4. The molecule has 4 nitrogen and oxygen atoms in total. The van der Waals surface area contributed by atoms with E-state index in [0.717, 1.165) is 25.9 Å². The summed E-state index contributed by atoms with van der Waals surface area (Å²) >= 11 is 0. The van der Waals surface area contributed by atoms with E-state index in [1.54, 1.807) is 0 Å². The molecule has 1 N–H and O–H groups in total. The zero-order valence-electron chi connectivity index (χ0n) is 10.1. The van der Waals surface area contributed by atoms with Crippen LogP contribution in [0.2, 0.25) is 0 Å². The average molecular weight is 234 g/mol. The van der Waals surface area contributed by atoms with Gasteiger partial charge in [0.2, 0.25) is 0 Å². The van der Waals surface area contributed by atoms with Crippen molar-refractivity contribution in [1.29, 1.82) is 0 Å². The van der Waals surface area contributed by atoms with Gasteiger partial charge >= 0.3 is 0 Å². The third-order valence-electron chi connectivity index (χ3n) is 3.10. The predicted octanol–water partition coefficient (Wildman–Crippen LogP) is 1.33. The van der Waals surface area contributed by atoms with Crippen LogP contribution in [-0.2, 0) is 16.2 Å². The summed E-state index contributed by atoms with van der Waals surface area (Å²) in [4.78, 5) is 18.7. The van der Waals surface area contributed by atoms with Gasteiger partial charge in [-0.05, 0) is 24.9 Å². The van der Waals surface area contributed by atoms with Crippen LogP contribution in [0.5, 0.6) is 0 Å². The summed E-state index contributed by atoms with van der Waals surface area (Å²) < 4.78 is 0. The lowest BCUT2D eigenvalue weighted by atomic mass is 10.2. The van der Waals surface area contributed by atoms with Crippen molar-refractivity contribution in [3.8, 4) is 0 Å². The highest BCUT2D eigenvalue weighted by Crippen LogP contribution is 2.20. The Morgan fingerprint density at radius 2 is 2.24 bits per heavy atom. The monoisotopic (exact) mass is 234 g/mol. The van der Waals surface area contributed by atoms with Crippen LogP contribution in [0.1, 0.15) is 18.4 Å². The summed E-state index contributed by atoms with van der Waals surface area (Å²) in [6.45, 7) is 1.79. The maximum atomic E-state index is 11.8. The van der Waals surface area contributed by atoms with Crippen LogP contribution < -0.4 is 5.48 Å². The maximum absolute atomic E-state index is 11.8. The summed E-state index contributed by atoms with van der Waals surface area (Å²) in [7, 11) is 1.47. The first kappa shape index (κ1) is 12.1. The number of benzene rings is 1. The van der Waals surface area contributed by atoms with Gasteiger partial charge in [-0.15, -0.1) is 0 Å². The number of nitrogens with one attached hydrogen (secondary N) is 1. The number of rotatable bonds is 4. The van der Waals surface area contributed by atoms with E-state index in [1.165, 1.54) is 12.7 Å². The smallest absolute Gasteiger partial charge is 0.260 e. The van der Waals surface area contributed by atoms with Gasteiger partial charge in [-0.1, -0.05) is 30.3 Å². The summed E-state index contributed by atoms with van der Waals surface area (Å²) in [6.07, 6.45) is 1.97. The first-order chi connectivity index (χ1) is 8.31. The number of carbonyl (C=O) groups excluding carboxylic acids is 1. The van der Waals surface area contributed by atoms with Gasteiger partial charge in [0, 0.05) is 6.54 Å². The fraction of sp³-hybridized carbons (Fsp3) is 0.462. The zero-order chi connectivity index (χ0) is 12.1. The highest BCUT2D eigenvalue weighted by atomic mass is 16.6. The highest BCUT2D eigenvalue weighted by molar-refractivity contribution is 5.81. The molecule has 1 aliphatic heterocycles. The topological polar surface area (TPSA) is 41.6 Å². The lowest BCUT2D eigenvalue weighted by molar-refractivity contribution is -0.136. The summed E-state index contributed by atoms with van der Waals surface area (Å²) in [6, 6.07) is 10.2. The molecule has 92 valence electrons. The predicted molar refractivity (Wildman–Crippen MR) is 65.0 cm³/mol. The SMILES string of the molecule is CONC(=O)[C@H]1CCCN1Cc1ccccc1. The first-order valence-electron chi connectivity index (χ1n) is 5.92. The molecular formula is C13H18N2O2. The van der Waals surface area contributed by atoms with Crippen LogP contribution in [0.4, 0.5) is 0 Å². The van der Waals surface area contributed by atoms with E-state index in [9.17, 15) is 4.79 Å². The Labute approximate surface area is 102 Å². The molecule has 1 aliphatic rings. The van der Waals surface area contributed by atoms with Gasteiger partial charge in [0.1, 0.15) is 0 Å². The van der Waals surface area contributed by atoms with Gasteiger partial charge in [-0.25, -0.2) is 5.48 Å². The Morgan fingerprint density at radius 1 is 1.47 bits per heavy atom. The third-order valence-corrected chi connectivity index (χ3v) is 3.10. The zero-order valence-corrected chi connectivity index (χ0v) is 10.1. The maximum Gasteiger partial charge on any atom is 0.260 e. The van der Waals surface area contributed by atoms with Gasteiger partial charge in [-0.3, -0.25) is 14.5 Å². The minimum absolute atomic E-state index is 0.0408. The number of hydroxylamine groups is 1. The van der Waals surface area contributed by atoms with E-state index < -0.39 is 0 Å². The third kappa shape index (κ3) is 3.05. The standard InChI is InChI=1S/C13H18N2O2/c1-17-14-13(16)12-8-5-9-15(12)10-11-6-3-2-4-7-11/h2-4,6-7,12H,5,8-10H2,1H3,(H,14,16)/t12-/m1/s1. The largest absolute Gasteiger partial charge is 0.288 e. The van der Waals surface area contributed by atoms with Gasteiger partial charge in [0.15, 0.2) is 0 Å². The van der Waals surface area contributed by atoms with Crippen LogP contribution in [0.25, 0.3) is 0 Å². The molecule has 1 atom stereocenters. The molecule has 1 fully saturated rings. The van der Waals surface area contributed by atoms with E-state index in [-0.39, 0.29) is 11.9 Å². The molecule has 17 heavy (non-hydrogen) atoms. The first-order valence-corrected chi connectivity index (χ1v) is 5.92. The van der Waals surface area contributed by atoms with E-state index in [1.807, 2.05) is 18.2 Å². The van der Waals surface area contributed by atoms with Crippen molar-refractivity contribution in [2.45, 2.75) is 25.4 Å². The van der Waals surface area contributed by atoms with Crippen molar-refractivity contribution in [2.24, 2.45) is 0 Å². The van der Waals surface area contributed by atoms with E-state index >= 15 is 0 Å². The van der Waals surface area contributed by atoms with Crippen molar-refractivity contribution in [3.05, 3.63) is 35.9 Å². The van der Waals surface area contributed by atoms with Crippen molar-refractivity contribution in [2.75, 3.05) is 13.7 Å².